The van der Waals surface area contributed by atoms with E-state index in [1.807, 2.05) is 0 Å². The third kappa shape index (κ3) is 2.88. The van der Waals surface area contributed by atoms with E-state index in [-0.39, 0.29) is 5.82 Å². The van der Waals surface area contributed by atoms with Gasteiger partial charge in [0.05, 0.1) is 18.4 Å². The predicted octanol–water partition coefficient (Wildman–Crippen LogP) is 2.83. The lowest BCUT2D eigenvalue weighted by atomic mass is 10.3. The normalized spacial score (nSPS) is 10.1. The molecule has 0 amide bonds. The number of halogens is 2. The minimum absolute atomic E-state index is 0.227. The number of rotatable bonds is 3. The van der Waals surface area contributed by atoms with Gasteiger partial charge >= 0.3 is 0 Å². The standard InChI is InChI=1S/C11H9FIN3/c12-8-1-2-11(10(13)5-8)16-7-9-6-14-3-4-15-9/h1-6,16H,7H2. The second-order valence-electron chi connectivity index (χ2n) is 3.17. The molecule has 3 nitrogen and oxygen atoms in total. The van der Waals surface area contributed by atoms with Crippen molar-refractivity contribution in [3.05, 3.63) is 51.9 Å². The Morgan fingerprint density at radius 2 is 2.19 bits per heavy atom. The fourth-order valence-electron chi connectivity index (χ4n) is 1.24. The molecule has 0 saturated heterocycles. The van der Waals surface area contributed by atoms with Crippen LogP contribution in [0.4, 0.5) is 10.1 Å². The highest BCUT2D eigenvalue weighted by molar-refractivity contribution is 14.1. The van der Waals surface area contributed by atoms with Gasteiger partial charge in [0.1, 0.15) is 5.82 Å². The zero-order valence-electron chi connectivity index (χ0n) is 8.32. The molecule has 2 aromatic rings. The molecule has 0 aliphatic rings. The summed E-state index contributed by atoms with van der Waals surface area (Å²) in [5.74, 6) is -0.227. The molecule has 5 heteroatoms. The second-order valence-corrected chi connectivity index (χ2v) is 4.34. The van der Waals surface area contributed by atoms with Gasteiger partial charge in [-0.15, -0.1) is 0 Å². The smallest absolute Gasteiger partial charge is 0.124 e. The molecule has 0 unspecified atom stereocenters. The summed E-state index contributed by atoms with van der Waals surface area (Å²) in [6.07, 6.45) is 4.97. The van der Waals surface area contributed by atoms with E-state index in [0.29, 0.717) is 6.54 Å². The van der Waals surface area contributed by atoms with Crippen LogP contribution in [0, 0.1) is 9.39 Å². The van der Waals surface area contributed by atoms with Gasteiger partial charge in [-0.3, -0.25) is 9.97 Å². The molecule has 0 bridgehead atoms. The van der Waals surface area contributed by atoms with Crippen LogP contribution >= 0.6 is 22.6 Å². The number of hydrogen-bond donors (Lipinski definition) is 1. The summed E-state index contributed by atoms with van der Waals surface area (Å²) in [6, 6.07) is 4.63. The fraction of sp³-hybridized carbons (Fsp3) is 0.0909. The van der Waals surface area contributed by atoms with Crippen molar-refractivity contribution >= 4 is 28.3 Å². The van der Waals surface area contributed by atoms with E-state index in [2.05, 4.69) is 37.9 Å². The average molecular weight is 329 g/mol. The molecule has 2 rings (SSSR count). The minimum atomic E-state index is -0.227. The molecule has 82 valence electrons. The Labute approximate surface area is 106 Å². The summed E-state index contributed by atoms with van der Waals surface area (Å²) in [5, 5.41) is 3.18. The fourth-order valence-corrected chi connectivity index (χ4v) is 1.91. The van der Waals surface area contributed by atoms with Crippen LogP contribution in [0.1, 0.15) is 5.69 Å². The molecule has 0 radical (unpaired) electrons. The molecule has 0 spiro atoms. The zero-order valence-corrected chi connectivity index (χ0v) is 10.5. The Kier molecular flexibility index (Phi) is 3.66. The first-order valence-corrected chi connectivity index (χ1v) is 5.77. The highest BCUT2D eigenvalue weighted by atomic mass is 127. The third-order valence-electron chi connectivity index (χ3n) is 2.01. The van der Waals surface area contributed by atoms with Gasteiger partial charge in [-0.1, -0.05) is 0 Å². The molecule has 0 aliphatic carbocycles. The van der Waals surface area contributed by atoms with Gasteiger partial charge in [-0.05, 0) is 40.8 Å². The van der Waals surface area contributed by atoms with Crippen molar-refractivity contribution in [2.24, 2.45) is 0 Å². The average Bonchev–Trinajstić information content (AvgIpc) is 2.29. The van der Waals surface area contributed by atoms with Crippen LogP contribution in [-0.4, -0.2) is 9.97 Å². The molecule has 1 heterocycles. The number of benzene rings is 1. The molecular formula is C11H9FIN3. The molecule has 0 saturated carbocycles. The van der Waals surface area contributed by atoms with Gasteiger partial charge in [-0.25, -0.2) is 4.39 Å². The van der Waals surface area contributed by atoms with Crippen molar-refractivity contribution in [1.29, 1.82) is 0 Å². The Bertz CT molecular complexity index is 476. The summed E-state index contributed by atoms with van der Waals surface area (Å²) in [5.41, 5.74) is 1.75. The Morgan fingerprint density at radius 3 is 2.88 bits per heavy atom. The Balaban J connectivity index is 2.05. The van der Waals surface area contributed by atoms with Crippen LogP contribution in [0.15, 0.2) is 36.8 Å². The number of nitrogens with zero attached hydrogens (tertiary/aromatic N) is 2. The van der Waals surface area contributed by atoms with Crippen LogP contribution in [0.25, 0.3) is 0 Å². The van der Waals surface area contributed by atoms with Gasteiger partial charge < -0.3 is 5.32 Å². The van der Waals surface area contributed by atoms with E-state index in [0.717, 1.165) is 15.0 Å². The molecule has 0 atom stereocenters. The Hall–Kier alpha value is -1.24. The van der Waals surface area contributed by atoms with Crippen LogP contribution in [0.3, 0.4) is 0 Å². The summed E-state index contributed by atoms with van der Waals surface area (Å²) < 4.78 is 13.7. The largest absolute Gasteiger partial charge is 0.378 e. The van der Waals surface area contributed by atoms with Crippen molar-refractivity contribution in [2.75, 3.05) is 5.32 Å². The maximum atomic E-state index is 12.9. The highest BCUT2D eigenvalue weighted by Gasteiger charge is 2.01. The second kappa shape index (κ2) is 5.20. The molecule has 0 fully saturated rings. The van der Waals surface area contributed by atoms with Crippen LogP contribution in [0.2, 0.25) is 0 Å². The summed E-state index contributed by atoms with van der Waals surface area (Å²) in [4.78, 5) is 8.11. The van der Waals surface area contributed by atoms with Crippen molar-refractivity contribution in [3.63, 3.8) is 0 Å². The van der Waals surface area contributed by atoms with Crippen molar-refractivity contribution in [1.82, 2.24) is 9.97 Å². The van der Waals surface area contributed by atoms with E-state index >= 15 is 0 Å². The highest BCUT2D eigenvalue weighted by Crippen LogP contribution is 2.19. The number of hydrogen-bond acceptors (Lipinski definition) is 3. The molecule has 1 aromatic carbocycles. The molecule has 1 N–H and O–H groups in total. The monoisotopic (exact) mass is 329 g/mol. The number of nitrogens with one attached hydrogen (secondary N) is 1. The lowest BCUT2D eigenvalue weighted by Gasteiger charge is -2.07. The number of anilines is 1. The van der Waals surface area contributed by atoms with Crippen LogP contribution < -0.4 is 5.32 Å². The van der Waals surface area contributed by atoms with Crippen molar-refractivity contribution < 1.29 is 4.39 Å². The first-order valence-electron chi connectivity index (χ1n) is 4.69. The summed E-state index contributed by atoms with van der Waals surface area (Å²) in [7, 11) is 0. The van der Waals surface area contributed by atoms with Gasteiger partial charge in [-0.2, -0.15) is 0 Å². The molecule has 1 aromatic heterocycles. The van der Waals surface area contributed by atoms with Gasteiger partial charge in [0.25, 0.3) is 0 Å². The minimum Gasteiger partial charge on any atom is -0.378 e. The summed E-state index contributed by atoms with van der Waals surface area (Å²) in [6.45, 7) is 0.579. The molecular weight excluding hydrogens is 320 g/mol. The van der Waals surface area contributed by atoms with E-state index in [4.69, 9.17) is 0 Å². The van der Waals surface area contributed by atoms with Crippen LogP contribution in [-0.2, 0) is 6.54 Å². The van der Waals surface area contributed by atoms with Gasteiger partial charge in [0.2, 0.25) is 0 Å². The first-order chi connectivity index (χ1) is 7.75. The predicted molar refractivity (Wildman–Crippen MR) is 68.5 cm³/mol. The Morgan fingerprint density at radius 1 is 1.31 bits per heavy atom. The first kappa shape index (κ1) is 11.3. The number of aromatic nitrogens is 2. The maximum Gasteiger partial charge on any atom is 0.124 e. The van der Waals surface area contributed by atoms with Crippen LogP contribution in [0.5, 0.6) is 0 Å². The lowest BCUT2D eigenvalue weighted by molar-refractivity contribution is 0.627. The van der Waals surface area contributed by atoms with Crippen molar-refractivity contribution in [2.45, 2.75) is 6.54 Å². The van der Waals surface area contributed by atoms with E-state index < -0.39 is 0 Å². The lowest BCUT2D eigenvalue weighted by Crippen LogP contribution is -2.03. The summed E-state index contributed by atoms with van der Waals surface area (Å²) >= 11 is 2.09. The molecule has 16 heavy (non-hydrogen) atoms. The van der Waals surface area contributed by atoms with E-state index in [1.165, 1.54) is 12.1 Å². The quantitative estimate of drug-likeness (QED) is 0.880. The zero-order chi connectivity index (χ0) is 11.4. The van der Waals surface area contributed by atoms with E-state index in [1.54, 1.807) is 24.7 Å². The SMILES string of the molecule is Fc1ccc(NCc2cnccn2)c(I)c1. The van der Waals surface area contributed by atoms with E-state index in [9.17, 15) is 4.39 Å². The van der Waals surface area contributed by atoms with Gasteiger partial charge in [0, 0.05) is 21.7 Å². The van der Waals surface area contributed by atoms with Gasteiger partial charge in [0.15, 0.2) is 0 Å². The maximum absolute atomic E-state index is 12.9. The van der Waals surface area contributed by atoms with Crippen molar-refractivity contribution in [3.8, 4) is 0 Å². The topological polar surface area (TPSA) is 37.8 Å². The third-order valence-corrected chi connectivity index (χ3v) is 2.90. The molecule has 0 aliphatic heterocycles.